The van der Waals surface area contributed by atoms with Gasteiger partial charge in [-0.3, -0.25) is 4.79 Å². The van der Waals surface area contributed by atoms with Gasteiger partial charge in [0.15, 0.2) is 0 Å². The zero-order valence-corrected chi connectivity index (χ0v) is 15.9. The van der Waals surface area contributed by atoms with Gasteiger partial charge in [0.2, 0.25) is 5.91 Å². The van der Waals surface area contributed by atoms with Gasteiger partial charge in [-0.2, -0.15) is 0 Å². The highest BCUT2D eigenvalue weighted by atomic mass is 35.5. The third kappa shape index (κ3) is 5.53. The molecule has 0 aliphatic carbocycles. The van der Waals surface area contributed by atoms with Gasteiger partial charge in [-0.15, -0.1) is 0 Å². The van der Waals surface area contributed by atoms with Gasteiger partial charge in [0, 0.05) is 18.8 Å². The second kappa shape index (κ2) is 9.15. The number of amides is 1. The first-order valence-electron chi connectivity index (χ1n) is 8.84. The van der Waals surface area contributed by atoms with Crippen molar-refractivity contribution in [3.63, 3.8) is 0 Å². The number of nitrogens with zero attached hydrogens (tertiary/aromatic N) is 1. The van der Waals surface area contributed by atoms with Crippen LogP contribution in [0.4, 0.5) is 0 Å². The van der Waals surface area contributed by atoms with Crippen molar-refractivity contribution < 1.29 is 4.79 Å². The lowest BCUT2D eigenvalue weighted by Crippen LogP contribution is -2.24. The van der Waals surface area contributed by atoms with E-state index in [-0.39, 0.29) is 5.91 Å². The number of hydrogen-bond donors (Lipinski definition) is 1. The fourth-order valence-corrected chi connectivity index (χ4v) is 2.97. The number of pyridine rings is 1. The van der Waals surface area contributed by atoms with Crippen molar-refractivity contribution in [3.8, 4) is 0 Å². The largest absolute Gasteiger partial charge is 0.352 e. The minimum atomic E-state index is -0.130. The van der Waals surface area contributed by atoms with Gasteiger partial charge in [0.1, 0.15) is 5.15 Å². The van der Waals surface area contributed by atoms with Crippen LogP contribution in [0.5, 0.6) is 0 Å². The number of carbonyl (C=O) groups is 1. The summed E-state index contributed by atoms with van der Waals surface area (Å²) < 4.78 is 0. The molecular formula is C23H21ClN2O. The minimum absolute atomic E-state index is 0.130. The molecule has 3 aromatic rings. The van der Waals surface area contributed by atoms with Crippen LogP contribution in [0, 0.1) is 6.92 Å². The fourth-order valence-electron chi connectivity index (χ4n) is 2.79. The highest BCUT2D eigenvalue weighted by molar-refractivity contribution is 6.29. The van der Waals surface area contributed by atoms with Crippen LogP contribution in [0.25, 0.3) is 5.57 Å². The SMILES string of the molecule is Cc1ccc(/C(=C/C(=O)NCCc2ccccc2)c2ccnc(Cl)c2)cc1. The first-order valence-corrected chi connectivity index (χ1v) is 9.22. The molecule has 136 valence electrons. The molecule has 0 saturated carbocycles. The van der Waals surface area contributed by atoms with Gasteiger partial charge in [0.25, 0.3) is 0 Å². The zero-order chi connectivity index (χ0) is 19.1. The molecule has 0 unspecified atom stereocenters. The van der Waals surface area contributed by atoms with Crippen molar-refractivity contribution in [2.24, 2.45) is 0 Å². The maximum absolute atomic E-state index is 12.5. The molecule has 1 heterocycles. The van der Waals surface area contributed by atoms with E-state index in [1.54, 1.807) is 18.3 Å². The Hall–Kier alpha value is -2.91. The molecule has 1 N–H and O–H groups in total. The van der Waals surface area contributed by atoms with Crippen molar-refractivity contribution in [2.75, 3.05) is 6.54 Å². The van der Waals surface area contributed by atoms with E-state index in [1.165, 1.54) is 5.56 Å². The Morgan fingerprint density at radius 3 is 2.48 bits per heavy atom. The molecule has 0 saturated heterocycles. The topological polar surface area (TPSA) is 42.0 Å². The number of hydrogen-bond acceptors (Lipinski definition) is 2. The van der Waals surface area contributed by atoms with Gasteiger partial charge in [0.05, 0.1) is 0 Å². The summed E-state index contributed by atoms with van der Waals surface area (Å²) in [5.74, 6) is -0.130. The summed E-state index contributed by atoms with van der Waals surface area (Å²) in [6.45, 7) is 2.62. The molecule has 1 amide bonds. The fraction of sp³-hybridized carbons (Fsp3) is 0.130. The second-order valence-corrected chi connectivity index (χ2v) is 6.71. The third-order valence-electron chi connectivity index (χ3n) is 4.23. The average molecular weight is 377 g/mol. The van der Waals surface area contributed by atoms with Crippen LogP contribution in [-0.4, -0.2) is 17.4 Å². The summed E-state index contributed by atoms with van der Waals surface area (Å²) in [6, 6.07) is 21.8. The molecule has 0 aliphatic rings. The van der Waals surface area contributed by atoms with E-state index in [2.05, 4.69) is 22.4 Å². The van der Waals surface area contributed by atoms with Gasteiger partial charge in [-0.25, -0.2) is 4.98 Å². The summed E-state index contributed by atoms with van der Waals surface area (Å²) in [7, 11) is 0. The summed E-state index contributed by atoms with van der Waals surface area (Å²) >= 11 is 6.05. The summed E-state index contributed by atoms with van der Waals surface area (Å²) in [4.78, 5) is 16.5. The molecule has 3 rings (SSSR count). The molecule has 0 aliphatic heterocycles. The van der Waals surface area contributed by atoms with Crippen molar-refractivity contribution in [3.05, 3.63) is 106 Å². The normalized spacial score (nSPS) is 11.3. The number of benzene rings is 2. The first kappa shape index (κ1) is 18.9. The maximum Gasteiger partial charge on any atom is 0.244 e. The van der Waals surface area contributed by atoms with Crippen LogP contribution >= 0.6 is 11.6 Å². The third-order valence-corrected chi connectivity index (χ3v) is 4.44. The number of carbonyl (C=O) groups excluding carboxylic acids is 1. The van der Waals surface area contributed by atoms with Crippen LogP contribution in [0.2, 0.25) is 5.15 Å². The van der Waals surface area contributed by atoms with E-state index >= 15 is 0 Å². The number of rotatable bonds is 6. The van der Waals surface area contributed by atoms with Crippen LogP contribution < -0.4 is 5.32 Å². The van der Waals surface area contributed by atoms with Gasteiger partial charge in [-0.05, 0) is 47.7 Å². The van der Waals surface area contributed by atoms with E-state index in [0.717, 1.165) is 28.7 Å². The van der Waals surface area contributed by atoms with Crippen molar-refractivity contribution in [2.45, 2.75) is 13.3 Å². The molecule has 27 heavy (non-hydrogen) atoms. The van der Waals surface area contributed by atoms with Gasteiger partial charge < -0.3 is 5.32 Å². The minimum Gasteiger partial charge on any atom is -0.352 e. The summed E-state index contributed by atoms with van der Waals surface area (Å²) in [5.41, 5.74) is 4.99. The molecule has 2 aromatic carbocycles. The lowest BCUT2D eigenvalue weighted by atomic mass is 9.97. The Morgan fingerprint density at radius 2 is 1.78 bits per heavy atom. The smallest absolute Gasteiger partial charge is 0.244 e. The van der Waals surface area contributed by atoms with Crippen molar-refractivity contribution in [1.82, 2.24) is 10.3 Å². The first-order chi connectivity index (χ1) is 13.1. The number of halogens is 1. The lowest BCUT2D eigenvalue weighted by Gasteiger charge is -2.10. The van der Waals surface area contributed by atoms with Gasteiger partial charge in [-0.1, -0.05) is 71.8 Å². The van der Waals surface area contributed by atoms with E-state index in [4.69, 9.17) is 11.6 Å². The number of aryl methyl sites for hydroxylation is 1. The van der Waals surface area contributed by atoms with Crippen LogP contribution in [0.15, 0.2) is 79.0 Å². The van der Waals surface area contributed by atoms with E-state index in [1.807, 2.05) is 55.5 Å². The van der Waals surface area contributed by atoms with E-state index < -0.39 is 0 Å². The zero-order valence-electron chi connectivity index (χ0n) is 15.2. The average Bonchev–Trinajstić information content (AvgIpc) is 2.68. The van der Waals surface area contributed by atoms with Crippen LogP contribution in [0.3, 0.4) is 0 Å². The number of nitrogens with one attached hydrogen (secondary N) is 1. The Labute approximate surface area is 164 Å². The molecule has 0 atom stereocenters. The molecule has 3 nitrogen and oxygen atoms in total. The molecule has 4 heteroatoms. The molecule has 0 fully saturated rings. The lowest BCUT2D eigenvalue weighted by molar-refractivity contribution is -0.116. The molecular weight excluding hydrogens is 356 g/mol. The van der Waals surface area contributed by atoms with Gasteiger partial charge >= 0.3 is 0 Å². The highest BCUT2D eigenvalue weighted by Gasteiger charge is 2.09. The highest BCUT2D eigenvalue weighted by Crippen LogP contribution is 2.25. The number of aromatic nitrogens is 1. The maximum atomic E-state index is 12.5. The molecule has 0 spiro atoms. The predicted octanol–water partition coefficient (Wildman–Crippen LogP) is 4.83. The standard InChI is InChI=1S/C23H21ClN2O/c1-17-7-9-19(10-8-17)21(20-12-14-25-22(24)15-20)16-23(27)26-13-11-18-5-3-2-4-6-18/h2-10,12,14-16H,11,13H2,1H3,(H,26,27)/b21-16-. The van der Waals surface area contributed by atoms with Crippen LogP contribution in [0.1, 0.15) is 22.3 Å². The molecule has 0 bridgehead atoms. The predicted molar refractivity (Wildman–Crippen MR) is 111 cm³/mol. The monoisotopic (exact) mass is 376 g/mol. The van der Waals surface area contributed by atoms with E-state index in [9.17, 15) is 4.79 Å². The Balaban J connectivity index is 1.79. The molecule has 0 radical (unpaired) electrons. The second-order valence-electron chi connectivity index (χ2n) is 6.32. The summed E-state index contributed by atoms with van der Waals surface area (Å²) in [6.07, 6.45) is 4.07. The van der Waals surface area contributed by atoms with Crippen molar-refractivity contribution in [1.29, 1.82) is 0 Å². The van der Waals surface area contributed by atoms with Crippen molar-refractivity contribution >= 4 is 23.1 Å². The molecule has 1 aromatic heterocycles. The van der Waals surface area contributed by atoms with Crippen LogP contribution in [-0.2, 0) is 11.2 Å². The Morgan fingerprint density at radius 1 is 1.04 bits per heavy atom. The summed E-state index contributed by atoms with van der Waals surface area (Å²) in [5, 5.41) is 3.36. The Kier molecular flexibility index (Phi) is 6.39. The quantitative estimate of drug-likeness (QED) is 0.494. The van der Waals surface area contributed by atoms with E-state index in [0.29, 0.717) is 11.7 Å². The Bertz CT molecular complexity index is 934.